The molecule has 0 amide bonds. The largest absolute Gasteiger partial charge is 0.487 e. The van der Waals surface area contributed by atoms with Gasteiger partial charge >= 0.3 is 0 Å². The highest BCUT2D eigenvalue weighted by Gasteiger charge is 2.21. The van der Waals surface area contributed by atoms with Gasteiger partial charge in [-0.1, -0.05) is 57.2 Å². The number of hydrogen-bond acceptors (Lipinski definition) is 2. The summed E-state index contributed by atoms with van der Waals surface area (Å²) in [6, 6.07) is 16.7. The standard InChI is InChI=1S/C22H28O2/c1-22(2,3)18-13-14-20(24-19-11-7-8-12-19)21(15-18)23-16-17-9-5-4-6-10-17/h4-6,9-10,13-15,19H,7-8,11-12,16H2,1-3H3. The van der Waals surface area contributed by atoms with Crippen molar-refractivity contribution in [3.8, 4) is 11.5 Å². The molecule has 0 bridgehead atoms. The second-order valence-corrected chi connectivity index (χ2v) is 7.71. The minimum absolute atomic E-state index is 0.0940. The Balaban J connectivity index is 1.81. The van der Waals surface area contributed by atoms with Crippen LogP contribution in [0.1, 0.15) is 57.6 Å². The molecule has 0 aromatic heterocycles. The van der Waals surface area contributed by atoms with Gasteiger partial charge in [0.05, 0.1) is 6.10 Å². The van der Waals surface area contributed by atoms with Gasteiger partial charge in [0.25, 0.3) is 0 Å². The molecule has 0 saturated heterocycles. The van der Waals surface area contributed by atoms with Crippen LogP contribution in [0.2, 0.25) is 0 Å². The molecule has 0 radical (unpaired) electrons. The first-order chi connectivity index (χ1) is 11.5. The summed E-state index contributed by atoms with van der Waals surface area (Å²) in [5.74, 6) is 1.74. The number of hydrogen-bond donors (Lipinski definition) is 0. The van der Waals surface area contributed by atoms with Gasteiger partial charge in [-0.05, 0) is 54.4 Å². The quantitative estimate of drug-likeness (QED) is 0.683. The summed E-state index contributed by atoms with van der Waals surface area (Å²) in [4.78, 5) is 0. The van der Waals surface area contributed by atoms with Crippen LogP contribution >= 0.6 is 0 Å². The van der Waals surface area contributed by atoms with E-state index in [0.29, 0.717) is 12.7 Å². The van der Waals surface area contributed by atoms with E-state index < -0.39 is 0 Å². The first-order valence-corrected chi connectivity index (χ1v) is 9.00. The van der Waals surface area contributed by atoms with Crippen molar-refractivity contribution in [2.75, 3.05) is 0 Å². The fraction of sp³-hybridized carbons (Fsp3) is 0.455. The molecule has 0 heterocycles. The Hall–Kier alpha value is -1.96. The lowest BCUT2D eigenvalue weighted by molar-refractivity contribution is 0.193. The van der Waals surface area contributed by atoms with E-state index in [1.165, 1.54) is 24.0 Å². The third-order valence-corrected chi connectivity index (χ3v) is 4.64. The lowest BCUT2D eigenvalue weighted by Crippen LogP contribution is -2.14. The predicted molar refractivity (Wildman–Crippen MR) is 98.8 cm³/mol. The maximum atomic E-state index is 6.24. The number of rotatable bonds is 5. The van der Waals surface area contributed by atoms with Crippen LogP contribution in [0.15, 0.2) is 48.5 Å². The van der Waals surface area contributed by atoms with Crippen LogP contribution < -0.4 is 9.47 Å². The van der Waals surface area contributed by atoms with Crippen LogP contribution in [0.3, 0.4) is 0 Å². The van der Waals surface area contributed by atoms with Crippen LogP contribution in [-0.2, 0) is 12.0 Å². The molecule has 0 N–H and O–H groups in total. The Labute approximate surface area is 145 Å². The Morgan fingerprint density at radius 1 is 0.917 bits per heavy atom. The van der Waals surface area contributed by atoms with Crippen LogP contribution in [-0.4, -0.2) is 6.10 Å². The van der Waals surface area contributed by atoms with Crippen LogP contribution in [0.25, 0.3) is 0 Å². The zero-order valence-electron chi connectivity index (χ0n) is 15.0. The first kappa shape index (κ1) is 16.9. The molecule has 1 aliphatic rings. The lowest BCUT2D eigenvalue weighted by Gasteiger charge is -2.23. The molecule has 1 aliphatic carbocycles. The van der Waals surface area contributed by atoms with Crippen LogP contribution in [0, 0.1) is 0 Å². The van der Waals surface area contributed by atoms with Crippen molar-refractivity contribution >= 4 is 0 Å². The van der Waals surface area contributed by atoms with Gasteiger partial charge in [0, 0.05) is 0 Å². The topological polar surface area (TPSA) is 18.5 Å². The van der Waals surface area contributed by atoms with E-state index in [2.05, 4.69) is 51.1 Å². The second kappa shape index (κ2) is 7.29. The SMILES string of the molecule is CC(C)(C)c1ccc(OC2CCCC2)c(OCc2ccccc2)c1. The van der Waals surface area contributed by atoms with Gasteiger partial charge in [-0.3, -0.25) is 0 Å². The molecule has 128 valence electrons. The summed E-state index contributed by atoms with van der Waals surface area (Å²) in [5.41, 5.74) is 2.53. The molecule has 3 rings (SSSR count). The molecule has 2 nitrogen and oxygen atoms in total. The zero-order valence-corrected chi connectivity index (χ0v) is 15.0. The molecular weight excluding hydrogens is 296 g/mol. The van der Waals surface area contributed by atoms with E-state index in [0.717, 1.165) is 24.3 Å². The maximum Gasteiger partial charge on any atom is 0.161 e. The van der Waals surface area contributed by atoms with Gasteiger partial charge in [-0.15, -0.1) is 0 Å². The Morgan fingerprint density at radius 3 is 2.29 bits per heavy atom. The summed E-state index contributed by atoms with van der Waals surface area (Å²) in [5, 5.41) is 0. The number of benzene rings is 2. The first-order valence-electron chi connectivity index (χ1n) is 9.00. The minimum Gasteiger partial charge on any atom is -0.487 e. The normalized spacial score (nSPS) is 15.5. The predicted octanol–water partition coefficient (Wildman–Crippen LogP) is 5.88. The zero-order chi connectivity index (χ0) is 17.0. The van der Waals surface area contributed by atoms with Crippen LogP contribution in [0.4, 0.5) is 0 Å². The Kier molecular flexibility index (Phi) is 5.13. The second-order valence-electron chi connectivity index (χ2n) is 7.71. The van der Waals surface area contributed by atoms with Gasteiger partial charge in [-0.2, -0.15) is 0 Å². The van der Waals surface area contributed by atoms with Crippen molar-refractivity contribution in [3.05, 3.63) is 59.7 Å². The summed E-state index contributed by atoms with van der Waals surface area (Å²) in [7, 11) is 0. The monoisotopic (exact) mass is 324 g/mol. The fourth-order valence-electron chi connectivity index (χ4n) is 3.11. The molecular formula is C22H28O2. The Morgan fingerprint density at radius 2 is 1.62 bits per heavy atom. The van der Waals surface area contributed by atoms with Gasteiger partial charge < -0.3 is 9.47 Å². The molecule has 0 unspecified atom stereocenters. The maximum absolute atomic E-state index is 6.24. The molecule has 0 atom stereocenters. The molecule has 24 heavy (non-hydrogen) atoms. The van der Waals surface area contributed by atoms with E-state index in [-0.39, 0.29) is 5.41 Å². The van der Waals surface area contributed by atoms with Gasteiger partial charge in [-0.25, -0.2) is 0 Å². The molecule has 2 aromatic rings. The van der Waals surface area contributed by atoms with Crippen molar-refractivity contribution in [2.24, 2.45) is 0 Å². The van der Waals surface area contributed by atoms with Gasteiger partial charge in [0.15, 0.2) is 11.5 Å². The van der Waals surface area contributed by atoms with Gasteiger partial charge in [0.2, 0.25) is 0 Å². The minimum atomic E-state index is 0.0940. The molecule has 2 aromatic carbocycles. The summed E-state index contributed by atoms with van der Waals surface area (Å²) in [6.07, 6.45) is 5.18. The van der Waals surface area contributed by atoms with E-state index >= 15 is 0 Å². The van der Waals surface area contributed by atoms with E-state index in [4.69, 9.17) is 9.47 Å². The molecule has 0 spiro atoms. The highest BCUT2D eigenvalue weighted by Crippen LogP contribution is 2.36. The Bertz CT molecular complexity index is 649. The van der Waals surface area contributed by atoms with E-state index in [1.54, 1.807) is 0 Å². The van der Waals surface area contributed by atoms with Crippen molar-refractivity contribution in [3.63, 3.8) is 0 Å². The van der Waals surface area contributed by atoms with Crippen molar-refractivity contribution in [1.29, 1.82) is 0 Å². The summed E-state index contributed by atoms with van der Waals surface area (Å²) < 4.78 is 12.4. The van der Waals surface area contributed by atoms with Crippen molar-refractivity contribution < 1.29 is 9.47 Å². The van der Waals surface area contributed by atoms with Crippen molar-refractivity contribution in [1.82, 2.24) is 0 Å². The summed E-state index contributed by atoms with van der Waals surface area (Å²) in [6.45, 7) is 7.23. The molecule has 1 fully saturated rings. The highest BCUT2D eigenvalue weighted by molar-refractivity contribution is 5.45. The lowest BCUT2D eigenvalue weighted by atomic mass is 9.87. The van der Waals surface area contributed by atoms with Crippen molar-refractivity contribution in [2.45, 2.75) is 64.6 Å². The fourth-order valence-corrected chi connectivity index (χ4v) is 3.11. The third-order valence-electron chi connectivity index (χ3n) is 4.64. The van der Waals surface area contributed by atoms with Crippen LogP contribution in [0.5, 0.6) is 11.5 Å². The van der Waals surface area contributed by atoms with Gasteiger partial charge in [0.1, 0.15) is 6.61 Å². The van der Waals surface area contributed by atoms with E-state index in [9.17, 15) is 0 Å². The summed E-state index contributed by atoms with van der Waals surface area (Å²) >= 11 is 0. The average molecular weight is 324 g/mol. The molecule has 0 aliphatic heterocycles. The smallest absolute Gasteiger partial charge is 0.161 e. The highest BCUT2D eigenvalue weighted by atomic mass is 16.5. The number of ether oxygens (including phenoxy) is 2. The molecule has 2 heteroatoms. The molecule has 1 saturated carbocycles. The average Bonchev–Trinajstić information content (AvgIpc) is 3.07. The van der Waals surface area contributed by atoms with E-state index in [1.807, 2.05) is 18.2 Å². The third kappa shape index (κ3) is 4.31.